The zero-order valence-corrected chi connectivity index (χ0v) is 25.1. The van der Waals surface area contributed by atoms with Crippen molar-refractivity contribution in [2.24, 2.45) is 0 Å². The van der Waals surface area contributed by atoms with Crippen LogP contribution >= 0.6 is 27.7 Å². The molecule has 0 spiro atoms. The number of imide groups is 1. The van der Waals surface area contributed by atoms with Crippen LogP contribution in [0.25, 0.3) is 16.8 Å². The number of benzene rings is 4. The zero-order valence-electron chi connectivity index (χ0n) is 22.7. The number of rotatable bonds is 10. The van der Waals surface area contributed by atoms with Crippen molar-refractivity contribution >= 4 is 73.0 Å². The minimum atomic E-state index is -0.573. The standard InChI is InChI=1S/C31H24BrN3O7S/c1-2-41-26-15-20(14-24(32)29(26)42-18-19-10-12-22(13-11-19)35(39)40)16-27-30(37)34(31(38)43-27)17-28(36)33-25-9-5-7-21-6-3-4-8-23(21)25/h3-16H,2,17-18H2,1H3,(H,33,36)/b27-16+. The molecule has 3 amide bonds. The highest BCUT2D eigenvalue weighted by Gasteiger charge is 2.36. The van der Waals surface area contributed by atoms with Crippen molar-refractivity contribution in [3.05, 3.63) is 109 Å². The van der Waals surface area contributed by atoms with E-state index in [1.807, 2.05) is 43.3 Å². The molecule has 10 nitrogen and oxygen atoms in total. The van der Waals surface area contributed by atoms with Crippen LogP contribution in [-0.2, 0) is 16.2 Å². The second kappa shape index (κ2) is 13.1. The van der Waals surface area contributed by atoms with Gasteiger partial charge in [-0.3, -0.25) is 29.4 Å². The van der Waals surface area contributed by atoms with E-state index in [4.69, 9.17) is 9.47 Å². The lowest BCUT2D eigenvalue weighted by Crippen LogP contribution is -2.36. The van der Waals surface area contributed by atoms with Gasteiger partial charge in [0.1, 0.15) is 13.2 Å². The number of non-ortho nitro benzene ring substituents is 1. The van der Waals surface area contributed by atoms with E-state index in [1.165, 1.54) is 12.1 Å². The Kier molecular flexibility index (Phi) is 9.07. The number of amides is 3. The van der Waals surface area contributed by atoms with Crippen molar-refractivity contribution in [3.8, 4) is 11.5 Å². The molecule has 43 heavy (non-hydrogen) atoms. The maximum atomic E-state index is 13.1. The molecule has 12 heteroatoms. The fourth-order valence-electron chi connectivity index (χ4n) is 4.40. The quantitative estimate of drug-likeness (QED) is 0.108. The number of ether oxygens (including phenoxy) is 2. The summed E-state index contributed by atoms with van der Waals surface area (Å²) in [5.41, 5.74) is 1.87. The van der Waals surface area contributed by atoms with E-state index >= 15 is 0 Å². The van der Waals surface area contributed by atoms with Crippen molar-refractivity contribution in [2.45, 2.75) is 13.5 Å². The second-order valence-corrected chi connectivity index (χ2v) is 11.2. The van der Waals surface area contributed by atoms with E-state index in [0.717, 1.165) is 33.0 Å². The Morgan fingerprint density at radius 2 is 1.79 bits per heavy atom. The minimum Gasteiger partial charge on any atom is -0.490 e. The highest BCUT2D eigenvalue weighted by atomic mass is 79.9. The summed E-state index contributed by atoms with van der Waals surface area (Å²) in [6.07, 6.45) is 1.56. The molecule has 1 heterocycles. The van der Waals surface area contributed by atoms with E-state index in [9.17, 15) is 24.5 Å². The SMILES string of the molecule is CCOc1cc(/C=C2/SC(=O)N(CC(=O)Nc3cccc4ccccc34)C2=O)cc(Br)c1OCc1ccc([N+](=O)[O-])cc1. The van der Waals surface area contributed by atoms with E-state index < -0.39 is 28.5 Å². The molecule has 0 radical (unpaired) electrons. The molecule has 1 N–H and O–H groups in total. The van der Waals surface area contributed by atoms with Gasteiger partial charge < -0.3 is 14.8 Å². The first-order valence-corrected chi connectivity index (χ1v) is 14.7. The molecule has 4 aromatic carbocycles. The Hall–Kier alpha value is -4.68. The molecule has 0 aliphatic carbocycles. The van der Waals surface area contributed by atoms with E-state index in [0.29, 0.717) is 33.8 Å². The van der Waals surface area contributed by atoms with Crippen LogP contribution in [0.4, 0.5) is 16.2 Å². The molecular weight excluding hydrogens is 638 g/mol. The number of fused-ring (bicyclic) bond motifs is 1. The Morgan fingerprint density at radius 3 is 2.53 bits per heavy atom. The Morgan fingerprint density at radius 1 is 1.05 bits per heavy atom. The Labute approximate surface area is 258 Å². The third-order valence-corrected chi connectivity index (χ3v) is 7.90. The predicted octanol–water partition coefficient (Wildman–Crippen LogP) is 7.16. The van der Waals surface area contributed by atoms with Crippen LogP contribution in [-0.4, -0.2) is 40.0 Å². The van der Waals surface area contributed by atoms with E-state index in [-0.39, 0.29) is 17.2 Å². The van der Waals surface area contributed by atoms with Gasteiger partial charge in [-0.2, -0.15) is 0 Å². The molecular formula is C31H24BrN3O7S. The van der Waals surface area contributed by atoms with Gasteiger partial charge in [0.2, 0.25) is 5.91 Å². The predicted molar refractivity (Wildman–Crippen MR) is 168 cm³/mol. The first kappa shape index (κ1) is 29.8. The van der Waals surface area contributed by atoms with Gasteiger partial charge in [0.25, 0.3) is 16.8 Å². The van der Waals surface area contributed by atoms with Gasteiger partial charge in [-0.05, 0) is 87.5 Å². The fourth-order valence-corrected chi connectivity index (χ4v) is 5.81. The van der Waals surface area contributed by atoms with Crippen molar-refractivity contribution in [3.63, 3.8) is 0 Å². The van der Waals surface area contributed by atoms with Gasteiger partial charge in [0, 0.05) is 23.2 Å². The monoisotopic (exact) mass is 661 g/mol. The summed E-state index contributed by atoms with van der Waals surface area (Å²) in [5.74, 6) is -0.249. The van der Waals surface area contributed by atoms with Crippen LogP contribution in [0.5, 0.6) is 11.5 Å². The molecule has 1 aliphatic heterocycles. The average molecular weight is 663 g/mol. The second-order valence-electron chi connectivity index (χ2n) is 9.32. The van der Waals surface area contributed by atoms with Crippen LogP contribution in [0, 0.1) is 10.1 Å². The number of nitrogens with zero attached hydrogens (tertiary/aromatic N) is 2. The zero-order chi connectivity index (χ0) is 30.5. The van der Waals surface area contributed by atoms with E-state index in [1.54, 1.807) is 36.4 Å². The molecule has 218 valence electrons. The number of carbonyl (C=O) groups is 3. The van der Waals surface area contributed by atoms with Gasteiger partial charge >= 0.3 is 0 Å². The smallest absolute Gasteiger partial charge is 0.294 e. The summed E-state index contributed by atoms with van der Waals surface area (Å²) >= 11 is 4.25. The Bertz CT molecular complexity index is 1770. The highest BCUT2D eigenvalue weighted by Crippen LogP contribution is 2.40. The van der Waals surface area contributed by atoms with Gasteiger partial charge in [0.15, 0.2) is 11.5 Å². The molecule has 0 saturated carbocycles. The van der Waals surface area contributed by atoms with Crippen LogP contribution < -0.4 is 14.8 Å². The van der Waals surface area contributed by atoms with Gasteiger partial charge in [-0.15, -0.1) is 0 Å². The average Bonchev–Trinajstić information content (AvgIpc) is 3.24. The molecule has 1 fully saturated rings. The first-order chi connectivity index (χ1) is 20.7. The number of anilines is 1. The van der Waals surface area contributed by atoms with Crippen molar-refractivity contribution in [2.75, 3.05) is 18.5 Å². The molecule has 1 saturated heterocycles. The largest absolute Gasteiger partial charge is 0.490 e. The number of hydrogen-bond acceptors (Lipinski definition) is 8. The summed E-state index contributed by atoms with van der Waals surface area (Å²) in [6, 6.07) is 22.5. The summed E-state index contributed by atoms with van der Waals surface area (Å²) in [7, 11) is 0. The summed E-state index contributed by atoms with van der Waals surface area (Å²) in [5, 5.41) is 15.0. The number of halogens is 1. The molecule has 1 aliphatic rings. The van der Waals surface area contributed by atoms with Crippen LogP contribution in [0.3, 0.4) is 0 Å². The molecule has 0 bridgehead atoms. The first-order valence-electron chi connectivity index (χ1n) is 13.1. The normalized spacial score (nSPS) is 13.9. The number of hydrogen-bond donors (Lipinski definition) is 1. The van der Waals surface area contributed by atoms with E-state index in [2.05, 4.69) is 21.2 Å². The molecule has 5 rings (SSSR count). The fraction of sp³-hybridized carbons (Fsp3) is 0.129. The number of nitro groups is 1. The van der Waals surface area contributed by atoms with Gasteiger partial charge in [-0.1, -0.05) is 36.4 Å². The lowest BCUT2D eigenvalue weighted by Gasteiger charge is -2.15. The maximum absolute atomic E-state index is 13.1. The third-order valence-electron chi connectivity index (χ3n) is 6.40. The number of carbonyl (C=O) groups excluding carboxylic acids is 3. The molecule has 0 atom stereocenters. The minimum absolute atomic E-state index is 0.0147. The Balaban J connectivity index is 1.29. The summed E-state index contributed by atoms with van der Waals surface area (Å²) < 4.78 is 12.3. The molecule has 0 aromatic heterocycles. The van der Waals surface area contributed by atoms with Crippen LogP contribution in [0.2, 0.25) is 0 Å². The summed E-state index contributed by atoms with van der Waals surface area (Å²) in [4.78, 5) is 50.2. The number of thioether (sulfide) groups is 1. The third kappa shape index (κ3) is 6.87. The van der Waals surface area contributed by atoms with Gasteiger partial charge in [0.05, 0.1) is 20.9 Å². The number of nitro benzene ring substituents is 1. The number of nitrogens with one attached hydrogen (secondary N) is 1. The maximum Gasteiger partial charge on any atom is 0.294 e. The highest BCUT2D eigenvalue weighted by molar-refractivity contribution is 9.10. The van der Waals surface area contributed by atoms with Crippen molar-refractivity contribution in [1.82, 2.24) is 4.90 Å². The topological polar surface area (TPSA) is 128 Å². The van der Waals surface area contributed by atoms with Gasteiger partial charge in [-0.25, -0.2) is 0 Å². The summed E-state index contributed by atoms with van der Waals surface area (Å²) in [6.45, 7) is 1.87. The van der Waals surface area contributed by atoms with Crippen molar-refractivity contribution in [1.29, 1.82) is 0 Å². The molecule has 0 unspecified atom stereocenters. The molecule has 4 aromatic rings. The lowest BCUT2D eigenvalue weighted by molar-refractivity contribution is -0.384. The lowest BCUT2D eigenvalue weighted by atomic mass is 10.1. The van der Waals surface area contributed by atoms with Crippen LogP contribution in [0.1, 0.15) is 18.1 Å². The van der Waals surface area contributed by atoms with Crippen molar-refractivity contribution < 1.29 is 28.8 Å². The van der Waals surface area contributed by atoms with Crippen LogP contribution in [0.15, 0.2) is 88.2 Å².